The maximum atomic E-state index is 13.4. The molecule has 8 nitrogen and oxygen atoms in total. The Morgan fingerprint density at radius 1 is 0.841 bits per heavy atom. The van der Waals surface area contributed by atoms with E-state index in [1.54, 1.807) is 0 Å². The molecule has 0 atom stereocenters. The molecule has 2 amide bonds. The van der Waals surface area contributed by atoms with Crippen LogP contribution in [0.25, 0.3) is 12.2 Å². The zero-order chi connectivity index (χ0) is 31.8. The van der Waals surface area contributed by atoms with Crippen LogP contribution >= 0.6 is 12.6 Å². The third-order valence-electron chi connectivity index (χ3n) is 7.59. The van der Waals surface area contributed by atoms with Crippen LogP contribution in [0.1, 0.15) is 76.5 Å². The molecule has 0 radical (unpaired) electrons. The molecule has 0 saturated carbocycles. The van der Waals surface area contributed by atoms with E-state index in [4.69, 9.17) is 14.2 Å². The summed E-state index contributed by atoms with van der Waals surface area (Å²) in [6.07, 6.45) is 6.96. The summed E-state index contributed by atoms with van der Waals surface area (Å²) in [7, 11) is 0. The topological polar surface area (TPSA) is 89.1 Å². The number of rotatable bonds is 19. The predicted octanol–water partition coefficient (Wildman–Crippen LogP) is 5.85. The molecule has 44 heavy (non-hydrogen) atoms. The Kier molecular flexibility index (Phi) is 14.9. The molecule has 0 bridgehead atoms. The Hall–Kier alpha value is -2.69. The molecule has 0 aromatic heterocycles. The number of hydrogen-bond acceptors (Lipinski definition) is 7. The van der Waals surface area contributed by atoms with E-state index in [-0.39, 0.29) is 30.4 Å². The number of para-hydroxylation sites is 1. The molecule has 0 fully saturated rings. The molecule has 3 rings (SSSR count). The van der Waals surface area contributed by atoms with E-state index in [9.17, 15) is 9.59 Å². The van der Waals surface area contributed by atoms with Crippen LogP contribution in [-0.2, 0) is 30.3 Å². The largest absolute Gasteiger partial charge is 0.375 e. The van der Waals surface area contributed by atoms with Crippen LogP contribution in [0.5, 0.6) is 0 Å². The first-order valence-corrected chi connectivity index (χ1v) is 16.3. The van der Waals surface area contributed by atoms with Gasteiger partial charge in [-0.1, -0.05) is 54.6 Å². The average molecular weight is 626 g/mol. The van der Waals surface area contributed by atoms with E-state index in [1.165, 1.54) is 0 Å². The van der Waals surface area contributed by atoms with Gasteiger partial charge in [-0.25, -0.2) is 0 Å². The summed E-state index contributed by atoms with van der Waals surface area (Å²) in [5, 5.41) is 6.14. The molecule has 1 aliphatic heterocycles. The minimum atomic E-state index is -0.454. The summed E-state index contributed by atoms with van der Waals surface area (Å²) in [5.41, 5.74) is 3.29. The normalized spacial score (nSPS) is 13.9. The van der Waals surface area contributed by atoms with E-state index in [1.807, 2.05) is 55.1 Å². The molecule has 0 saturated heterocycles. The Bertz CT molecular complexity index is 1220. The van der Waals surface area contributed by atoms with Gasteiger partial charge in [0.1, 0.15) is 0 Å². The van der Waals surface area contributed by atoms with E-state index in [0.717, 1.165) is 41.0 Å². The van der Waals surface area contributed by atoms with Crippen LogP contribution < -0.4 is 15.5 Å². The molecular weight excluding hydrogens is 574 g/mol. The molecule has 1 aliphatic rings. The summed E-state index contributed by atoms with van der Waals surface area (Å²) in [6.45, 7) is 12.0. The minimum Gasteiger partial charge on any atom is -0.375 e. The van der Waals surface area contributed by atoms with Gasteiger partial charge in [0.05, 0.1) is 43.4 Å². The molecule has 9 heteroatoms. The number of hydrogen-bond donors (Lipinski definition) is 3. The Morgan fingerprint density at radius 3 is 2.32 bits per heavy atom. The molecule has 2 N–H and O–H groups in total. The third-order valence-corrected chi connectivity index (χ3v) is 7.91. The van der Waals surface area contributed by atoms with Crippen molar-refractivity contribution in [2.45, 2.75) is 77.5 Å². The highest BCUT2D eigenvalue weighted by atomic mass is 32.1. The van der Waals surface area contributed by atoms with Crippen molar-refractivity contribution < 1.29 is 23.8 Å². The highest BCUT2D eigenvalue weighted by Crippen LogP contribution is 2.29. The molecule has 0 aliphatic carbocycles. The summed E-state index contributed by atoms with van der Waals surface area (Å²) >= 11 is 4.17. The summed E-state index contributed by atoms with van der Waals surface area (Å²) in [5.74, 6) is 0.724. The first kappa shape index (κ1) is 35.8. The van der Waals surface area contributed by atoms with Gasteiger partial charge in [-0.05, 0) is 75.5 Å². The van der Waals surface area contributed by atoms with Gasteiger partial charge in [0.25, 0.3) is 0 Å². The van der Waals surface area contributed by atoms with Gasteiger partial charge in [-0.15, -0.1) is 0 Å². The lowest BCUT2D eigenvalue weighted by atomic mass is 10.0. The smallest absolute Gasteiger partial charge is 0.229 e. The van der Waals surface area contributed by atoms with Crippen molar-refractivity contribution in [3.05, 3.63) is 65.2 Å². The molecule has 242 valence electrons. The second-order valence-electron chi connectivity index (χ2n) is 12.3. The van der Waals surface area contributed by atoms with Crippen molar-refractivity contribution in [2.24, 2.45) is 0 Å². The number of carbonyl (C=O) groups excluding carboxylic acids is 2. The maximum absolute atomic E-state index is 13.4. The monoisotopic (exact) mass is 625 g/mol. The van der Waals surface area contributed by atoms with Gasteiger partial charge >= 0.3 is 0 Å². The van der Waals surface area contributed by atoms with Gasteiger partial charge in [0.15, 0.2) is 0 Å². The zero-order valence-corrected chi connectivity index (χ0v) is 27.8. The van der Waals surface area contributed by atoms with Crippen molar-refractivity contribution in [3.63, 3.8) is 0 Å². The molecular formula is C35H51N3O5S. The molecule has 0 spiro atoms. The van der Waals surface area contributed by atoms with E-state index < -0.39 is 5.60 Å². The van der Waals surface area contributed by atoms with Crippen molar-refractivity contribution in [3.8, 4) is 0 Å². The van der Waals surface area contributed by atoms with Gasteiger partial charge in [-0.3, -0.25) is 14.9 Å². The van der Waals surface area contributed by atoms with Gasteiger partial charge in [0.2, 0.25) is 11.8 Å². The minimum absolute atomic E-state index is 0.0234. The second kappa shape index (κ2) is 18.3. The Labute approximate surface area is 269 Å². The fourth-order valence-corrected chi connectivity index (χ4v) is 4.95. The van der Waals surface area contributed by atoms with Crippen LogP contribution in [0.4, 0.5) is 5.69 Å². The molecule has 0 unspecified atom stereocenters. The van der Waals surface area contributed by atoms with Crippen molar-refractivity contribution in [2.75, 3.05) is 50.3 Å². The summed E-state index contributed by atoms with van der Waals surface area (Å²) in [4.78, 5) is 27.9. The second-order valence-corrected chi connectivity index (χ2v) is 12.7. The first-order chi connectivity index (χ1) is 21.1. The Morgan fingerprint density at radius 2 is 1.52 bits per heavy atom. The molecule has 2 aromatic rings. The van der Waals surface area contributed by atoms with Crippen molar-refractivity contribution in [1.82, 2.24) is 10.6 Å². The number of benzene rings is 2. The summed E-state index contributed by atoms with van der Waals surface area (Å²) in [6, 6.07) is 16.0. The number of nitrogens with one attached hydrogen (secondary N) is 2. The summed E-state index contributed by atoms with van der Waals surface area (Å²) < 4.78 is 17.6. The first-order valence-electron chi connectivity index (χ1n) is 15.7. The van der Waals surface area contributed by atoms with Crippen molar-refractivity contribution >= 4 is 42.3 Å². The lowest BCUT2D eigenvalue weighted by Gasteiger charge is -2.30. The zero-order valence-electron chi connectivity index (χ0n) is 26.9. The third kappa shape index (κ3) is 12.7. The van der Waals surface area contributed by atoms with E-state index in [0.29, 0.717) is 52.5 Å². The lowest BCUT2D eigenvalue weighted by Crippen LogP contribution is -2.36. The van der Waals surface area contributed by atoms with Gasteiger partial charge in [0, 0.05) is 32.5 Å². The van der Waals surface area contributed by atoms with Crippen LogP contribution in [0.3, 0.4) is 0 Å². The van der Waals surface area contributed by atoms with Crippen LogP contribution in [0.15, 0.2) is 48.5 Å². The van der Waals surface area contributed by atoms with E-state index >= 15 is 0 Å². The average Bonchev–Trinajstić information content (AvgIpc) is 2.98. The lowest BCUT2D eigenvalue weighted by molar-refractivity contribution is -0.123. The highest BCUT2D eigenvalue weighted by Gasteiger charge is 2.24. The molecule has 1 heterocycles. The van der Waals surface area contributed by atoms with Crippen LogP contribution in [-0.4, -0.2) is 68.4 Å². The number of amides is 2. The van der Waals surface area contributed by atoms with Crippen molar-refractivity contribution in [1.29, 1.82) is 0 Å². The van der Waals surface area contributed by atoms with Gasteiger partial charge < -0.3 is 24.4 Å². The maximum Gasteiger partial charge on any atom is 0.229 e. The number of carbonyl (C=O) groups is 2. The number of anilines is 1. The van der Waals surface area contributed by atoms with Crippen LogP contribution in [0, 0.1) is 0 Å². The number of fused-ring (bicyclic) bond motifs is 2. The standard InChI is InChI=1S/C35H51N3O5S/c1-34(2,42-23-19-35(3,4)43-24-21-36-27-41-22-9-25-44)18-16-32(39)37-20-17-33(40)38-26-30-12-6-5-10-28(30)14-15-29-11-7-8-13-31(29)38/h5-8,10-15,36,44H,9,16-27H2,1-4H3,(H,37,39)/b15-14-. The predicted molar refractivity (Wildman–Crippen MR) is 182 cm³/mol. The van der Waals surface area contributed by atoms with E-state index in [2.05, 4.69) is 61.4 Å². The molecule has 2 aromatic carbocycles. The SMILES string of the molecule is CC(C)(CCOC(C)(C)CCC(=O)NCCC(=O)N1Cc2ccccc2/C=C\c2ccccc21)OCCNCOCCCS. The van der Waals surface area contributed by atoms with Crippen LogP contribution in [0.2, 0.25) is 0 Å². The quantitative estimate of drug-likeness (QED) is 0.103. The van der Waals surface area contributed by atoms with Gasteiger partial charge in [-0.2, -0.15) is 12.6 Å². The number of thiol groups is 1. The fourth-order valence-electron chi connectivity index (χ4n) is 4.82. The fraction of sp³-hybridized carbons (Fsp3) is 0.543. The number of ether oxygens (including phenoxy) is 3. The number of nitrogens with zero attached hydrogens (tertiary/aromatic N) is 1. The Balaban J connectivity index is 1.35. The highest BCUT2D eigenvalue weighted by molar-refractivity contribution is 7.80.